The van der Waals surface area contributed by atoms with Gasteiger partial charge in [0.2, 0.25) is 5.91 Å². The van der Waals surface area contributed by atoms with Gasteiger partial charge < -0.3 is 14.7 Å². The molecule has 0 radical (unpaired) electrons. The molecule has 0 saturated carbocycles. The molecular formula is C16H22F3N3O4. The van der Waals surface area contributed by atoms with E-state index in [9.17, 15) is 27.9 Å². The molecule has 1 amide bonds. The Morgan fingerprint density at radius 2 is 2.00 bits per heavy atom. The number of carbonyl (C=O) groups is 2. The molecule has 0 spiro atoms. The number of carbonyl (C=O) groups excluding carboxylic acids is 1. The molecule has 1 aromatic heterocycles. The Kier molecular flexibility index (Phi) is 5.64. The normalized spacial score (nSPS) is 21.9. The van der Waals surface area contributed by atoms with E-state index < -0.39 is 36.6 Å². The van der Waals surface area contributed by atoms with E-state index in [0.29, 0.717) is 11.3 Å². The van der Waals surface area contributed by atoms with Gasteiger partial charge in [-0.15, -0.1) is 0 Å². The van der Waals surface area contributed by atoms with E-state index in [2.05, 4.69) is 5.10 Å². The highest BCUT2D eigenvalue weighted by molar-refractivity contribution is 5.89. The van der Waals surface area contributed by atoms with Gasteiger partial charge in [0.05, 0.1) is 17.7 Å². The average molecular weight is 377 g/mol. The lowest BCUT2D eigenvalue weighted by molar-refractivity contribution is -0.148. The van der Waals surface area contributed by atoms with Crippen molar-refractivity contribution in [2.75, 3.05) is 13.7 Å². The molecule has 10 heteroatoms. The Labute approximate surface area is 148 Å². The van der Waals surface area contributed by atoms with Crippen molar-refractivity contribution in [2.24, 2.45) is 0 Å². The van der Waals surface area contributed by atoms with Crippen LogP contribution in [0.5, 0.6) is 0 Å². The van der Waals surface area contributed by atoms with Crippen LogP contribution in [0, 0.1) is 13.8 Å². The number of rotatable bonds is 5. The standard InChI is InChI=1S/C16H22F3N3O4/c1-8(13-9(2)20-22(10(13)3)7-16(17,18)19)14(23)21-6-11(26-4)5-12(21)15(24)25/h8,11-12H,5-7H2,1-4H3,(H,24,25). The Morgan fingerprint density at radius 3 is 2.50 bits per heavy atom. The Hall–Kier alpha value is -2.10. The third-order valence-corrected chi connectivity index (χ3v) is 4.73. The highest BCUT2D eigenvalue weighted by Gasteiger charge is 2.42. The first-order valence-electron chi connectivity index (χ1n) is 8.13. The number of hydrogen-bond acceptors (Lipinski definition) is 4. The van der Waals surface area contributed by atoms with Crippen LogP contribution in [0.1, 0.15) is 36.2 Å². The first-order chi connectivity index (χ1) is 12.0. The van der Waals surface area contributed by atoms with Crippen LogP contribution in [0.2, 0.25) is 0 Å². The minimum atomic E-state index is -4.43. The second kappa shape index (κ2) is 7.26. The summed E-state index contributed by atoms with van der Waals surface area (Å²) in [6.07, 6.45) is -4.64. The van der Waals surface area contributed by atoms with Gasteiger partial charge in [-0.25, -0.2) is 4.79 Å². The third kappa shape index (κ3) is 4.00. The van der Waals surface area contributed by atoms with E-state index in [4.69, 9.17) is 4.74 Å². The molecule has 1 aliphatic heterocycles. The molecule has 1 aliphatic rings. The Balaban J connectivity index is 2.29. The molecule has 26 heavy (non-hydrogen) atoms. The molecular weight excluding hydrogens is 355 g/mol. The average Bonchev–Trinajstić information content (AvgIpc) is 3.06. The van der Waals surface area contributed by atoms with Gasteiger partial charge in [-0.3, -0.25) is 9.48 Å². The van der Waals surface area contributed by atoms with Crippen LogP contribution in [0.25, 0.3) is 0 Å². The van der Waals surface area contributed by atoms with E-state index in [1.807, 2.05) is 0 Å². The lowest BCUT2D eigenvalue weighted by Crippen LogP contribution is -2.42. The van der Waals surface area contributed by atoms with E-state index in [1.54, 1.807) is 6.92 Å². The van der Waals surface area contributed by atoms with Crippen LogP contribution in [0.3, 0.4) is 0 Å². The summed E-state index contributed by atoms with van der Waals surface area (Å²) in [6, 6.07) is -1.01. The highest BCUT2D eigenvalue weighted by atomic mass is 19.4. The molecule has 1 fully saturated rings. The highest BCUT2D eigenvalue weighted by Crippen LogP contribution is 2.30. The number of ether oxygens (including phenoxy) is 1. The number of aryl methyl sites for hydroxylation is 1. The van der Waals surface area contributed by atoms with Crippen LogP contribution < -0.4 is 0 Å². The van der Waals surface area contributed by atoms with Crippen molar-refractivity contribution in [1.82, 2.24) is 14.7 Å². The molecule has 2 rings (SSSR count). The maximum atomic E-state index is 12.9. The van der Waals surface area contributed by atoms with Gasteiger partial charge in [0, 0.05) is 31.3 Å². The predicted molar refractivity (Wildman–Crippen MR) is 84.7 cm³/mol. The van der Waals surface area contributed by atoms with E-state index in [-0.39, 0.29) is 24.8 Å². The van der Waals surface area contributed by atoms with Gasteiger partial charge in [0.25, 0.3) is 0 Å². The van der Waals surface area contributed by atoms with Crippen molar-refractivity contribution < 1.29 is 32.6 Å². The molecule has 2 heterocycles. The molecule has 0 bridgehead atoms. The van der Waals surface area contributed by atoms with Gasteiger partial charge in [-0.05, 0) is 20.8 Å². The minimum Gasteiger partial charge on any atom is -0.480 e. The van der Waals surface area contributed by atoms with Crippen molar-refractivity contribution in [3.8, 4) is 0 Å². The van der Waals surface area contributed by atoms with Crippen molar-refractivity contribution >= 4 is 11.9 Å². The number of amides is 1. The number of halogens is 3. The maximum Gasteiger partial charge on any atom is 0.408 e. The molecule has 146 valence electrons. The lowest BCUT2D eigenvalue weighted by atomic mass is 9.97. The molecule has 0 aromatic carbocycles. The zero-order chi connectivity index (χ0) is 19.8. The number of nitrogens with zero attached hydrogens (tertiary/aromatic N) is 3. The maximum absolute atomic E-state index is 12.9. The van der Waals surface area contributed by atoms with Gasteiger partial charge >= 0.3 is 12.1 Å². The topological polar surface area (TPSA) is 84.7 Å². The fourth-order valence-electron chi connectivity index (χ4n) is 3.48. The van der Waals surface area contributed by atoms with Crippen LogP contribution in [-0.4, -0.2) is 63.6 Å². The minimum absolute atomic E-state index is 0.130. The van der Waals surface area contributed by atoms with Crippen LogP contribution in [0.15, 0.2) is 0 Å². The second-order valence-electron chi connectivity index (χ2n) is 6.52. The first-order valence-corrected chi connectivity index (χ1v) is 8.13. The van der Waals surface area contributed by atoms with Crippen LogP contribution >= 0.6 is 0 Å². The van der Waals surface area contributed by atoms with E-state index in [0.717, 1.165) is 4.68 Å². The van der Waals surface area contributed by atoms with E-state index >= 15 is 0 Å². The number of methoxy groups -OCH3 is 1. The fourth-order valence-corrected chi connectivity index (χ4v) is 3.48. The monoisotopic (exact) mass is 377 g/mol. The third-order valence-electron chi connectivity index (χ3n) is 4.73. The Morgan fingerprint density at radius 1 is 1.38 bits per heavy atom. The summed E-state index contributed by atoms with van der Waals surface area (Å²) in [6.45, 7) is 3.45. The summed E-state index contributed by atoms with van der Waals surface area (Å²) in [4.78, 5) is 25.5. The quantitative estimate of drug-likeness (QED) is 0.847. The van der Waals surface area contributed by atoms with Crippen molar-refractivity contribution in [3.05, 3.63) is 17.0 Å². The van der Waals surface area contributed by atoms with Gasteiger partial charge in [0.1, 0.15) is 12.6 Å². The molecule has 3 unspecified atom stereocenters. The molecule has 1 saturated heterocycles. The van der Waals surface area contributed by atoms with Gasteiger partial charge in [0.15, 0.2) is 0 Å². The summed E-state index contributed by atoms with van der Waals surface area (Å²) in [5.74, 6) is -2.41. The number of hydrogen-bond donors (Lipinski definition) is 1. The smallest absolute Gasteiger partial charge is 0.408 e. The predicted octanol–water partition coefficient (Wildman–Crippen LogP) is 1.87. The van der Waals surface area contributed by atoms with Gasteiger partial charge in [-0.2, -0.15) is 18.3 Å². The zero-order valence-corrected chi connectivity index (χ0v) is 15.0. The second-order valence-corrected chi connectivity index (χ2v) is 6.52. The molecule has 7 nitrogen and oxygen atoms in total. The zero-order valence-electron chi connectivity index (χ0n) is 15.0. The summed E-state index contributed by atoms with van der Waals surface area (Å²) in [7, 11) is 1.44. The summed E-state index contributed by atoms with van der Waals surface area (Å²) >= 11 is 0. The number of carboxylic acid groups (broad SMARTS) is 1. The summed E-state index contributed by atoms with van der Waals surface area (Å²) < 4.78 is 44.0. The number of aliphatic carboxylic acids is 1. The first kappa shape index (κ1) is 20.2. The van der Waals surface area contributed by atoms with Crippen LogP contribution in [-0.2, 0) is 20.9 Å². The molecule has 1 N–H and O–H groups in total. The Bertz CT molecular complexity index is 702. The summed E-state index contributed by atoms with van der Waals surface area (Å²) in [5.41, 5.74) is 0.959. The summed E-state index contributed by atoms with van der Waals surface area (Å²) in [5, 5.41) is 13.2. The molecule has 1 aromatic rings. The molecule has 0 aliphatic carbocycles. The SMILES string of the molecule is COC1CC(C(=O)O)N(C(=O)C(C)c2c(C)nn(CC(F)(F)F)c2C)C1. The molecule has 3 atom stereocenters. The lowest BCUT2D eigenvalue weighted by Gasteiger charge is -2.25. The van der Waals surface area contributed by atoms with Crippen LogP contribution in [0.4, 0.5) is 13.2 Å². The van der Waals surface area contributed by atoms with Crippen molar-refractivity contribution in [1.29, 1.82) is 0 Å². The van der Waals surface area contributed by atoms with Crippen molar-refractivity contribution in [3.63, 3.8) is 0 Å². The number of likely N-dealkylation sites (tertiary alicyclic amines) is 1. The largest absolute Gasteiger partial charge is 0.480 e. The van der Waals surface area contributed by atoms with E-state index in [1.165, 1.54) is 25.9 Å². The number of alkyl halides is 3. The number of carboxylic acids is 1. The van der Waals surface area contributed by atoms with Gasteiger partial charge in [-0.1, -0.05) is 0 Å². The fraction of sp³-hybridized carbons (Fsp3) is 0.688. The van der Waals surface area contributed by atoms with Crippen molar-refractivity contribution in [2.45, 2.75) is 58.0 Å². The number of aromatic nitrogens is 2.